The smallest absolute Gasteiger partial charge is 0.144 e. The summed E-state index contributed by atoms with van der Waals surface area (Å²) in [5.74, 6) is 5.81. The van der Waals surface area contributed by atoms with Crippen LogP contribution in [0.25, 0.3) is 11.8 Å². The van der Waals surface area contributed by atoms with Gasteiger partial charge in [0.1, 0.15) is 5.75 Å². The van der Waals surface area contributed by atoms with E-state index >= 15 is 0 Å². The van der Waals surface area contributed by atoms with Crippen LogP contribution in [0.3, 0.4) is 0 Å². The van der Waals surface area contributed by atoms with Gasteiger partial charge in [-0.2, -0.15) is 5.10 Å². The summed E-state index contributed by atoms with van der Waals surface area (Å²) in [6, 6.07) is 3.90. The number of nitrogens with zero attached hydrogens (tertiary/aromatic N) is 1. The van der Waals surface area contributed by atoms with Crippen LogP contribution in [0.1, 0.15) is 17.0 Å². The van der Waals surface area contributed by atoms with Crippen molar-refractivity contribution >= 4 is 18.0 Å². The quantitative estimate of drug-likeness (QED) is 0.354. The summed E-state index contributed by atoms with van der Waals surface area (Å²) in [4.78, 5) is 6.49. The first-order chi connectivity index (χ1) is 9.55. The zero-order valence-corrected chi connectivity index (χ0v) is 11.8. The second-order valence-electron chi connectivity index (χ2n) is 4.59. The molecule has 0 spiro atoms. The number of ether oxygens (including phenoxy) is 1. The van der Waals surface area contributed by atoms with Gasteiger partial charge in [-0.05, 0) is 31.6 Å². The van der Waals surface area contributed by atoms with E-state index in [1.165, 1.54) is 11.8 Å². The van der Waals surface area contributed by atoms with Crippen molar-refractivity contribution in [2.75, 3.05) is 7.11 Å². The molecule has 0 fully saturated rings. The van der Waals surface area contributed by atoms with Crippen molar-refractivity contribution in [1.82, 2.24) is 9.97 Å². The molecule has 2 rings (SSSR count). The van der Waals surface area contributed by atoms with E-state index in [4.69, 9.17) is 16.3 Å². The zero-order valence-electron chi connectivity index (χ0n) is 11.8. The molecule has 2 aromatic rings. The molecule has 0 unspecified atom stereocenters. The minimum absolute atomic E-state index is 0.449. The van der Waals surface area contributed by atoms with Gasteiger partial charge in [-0.3, -0.25) is 0 Å². The van der Waals surface area contributed by atoms with Crippen LogP contribution in [0.15, 0.2) is 17.2 Å². The van der Waals surface area contributed by atoms with Gasteiger partial charge in [-0.15, -0.1) is 0 Å². The Bertz CT molecular complexity index is 751. The lowest BCUT2D eigenvalue weighted by molar-refractivity contribution is 0.412. The van der Waals surface area contributed by atoms with Crippen LogP contribution in [-0.4, -0.2) is 23.3 Å². The van der Waals surface area contributed by atoms with Gasteiger partial charge >= 0.3 is 0 Å². The van der Waals surface area contributed by atoms with Gasteiger partial charge in [0.2, 0.25) is 0 Å². The monoisotopic (exact) mass is 273 g/mol. The normalized spacial score (nSPS) is 14.1. The molecule has 0 aliphatic carbocycles. The Morgan fingerprint density at radius 2 is 2.05 bits per heavy atom. The fourth-order valence-corrected chi connectivity index (χ4v) is 2.08. The molecule has 6 heteroatoms. The summed E-state index contributed by atoms with van der Waals surface area (Å²) >= 11 is 0. The molecule has 106 valence electrons. The SMILES string of the molecule is COc1cc(=C(N)C=NN)[nH]/c1=C\c1[nH]c(C)cc1C. The van der Waals surface area contributed by atoms with Crippen LogP contribution in [0, 0.1) is 13.8 Å². The van der Waals surface area contributed by atoms with E-state index in [0.29, 0.717) is 16.8 Å². The first kappa shape index (κ1) is 13.8. The lowest BCUT2D eigenvalue weighted by Crippen LogP contribution is -2.18. The molecule has 0 saturated heterocycles. The lowest BCUT2D eigenvalue weighted by Gasteiger charge is -1.94. The number of nitrogens with one attached hydrogen (secondary N) is 2. The molecule has 0 amide bonds. The Morgan fingerprint density at radius 3 is 2.60 bits per heavy atom. The lowest BCUT2D eigenvalue weighted by atomic mass is 10.2. The Hall–Kier alpha value is -2.63. The maximum atomic E-state index is 5.85. The van der Waals surface area contributed by atoms with Crippen LogP contribution in [0.4, 0.5) is 0 Å². The molecule has 2 heterocycles. The molecule has 0 saturated carbocycles. The number of hydrogen-bond donors (Lipinski definition) is 4. The molecule has 6 N–H and O–H groups in total. The molecule has 0 radical (unpaired) electrons. The maximum Gasteiger partial charge on any atom is 0.144 e. The summed E-state index contributed by atoms with van der Waals surface area (Å²) in [5, 5.41) is 4.96. The first-order valence-corrected chi connectivity index (χ1v) is 6.19. The van der Waals surface area contributed by atoms with E-state index in [2.05, 4.69) is 21.1 Å². The number of aromatic nitrogens is 2. The topological polar surface area (TPSA) is 105 Å². The Balaban J connectivity index is 2.63. The number of methoxy groups -OCH3 is 1. The first-order valence-electron chi connectivity index (χ1n) is 6.19. The molecule has 0 bridgehead atoms. The number of hydrogen-bond acceptors (Lipinski definition) is 4. The predicted molar refractivity (Wildman–Crippen MR) is 80.7 cm³/mol. The van der Waals surface area contributed by atoms with Crippen molar-refractivity contribution in [3.8, 4) is 5.75 Å². The predicted octanol–water partition coefficient (Wildman–Crippen LogP) is -0.192. The van der Waals surface area contributed by atoms with Crippen LogP contribution in [-0.2, 0) is 0 Å². The van der Waals surface area contributed by atoms with Gasteiger partial charge in [0.25, 0.3) is 0 Å². The van der Waals surface area contributed by atoms with Crippen LogP contribution in [0.2, 0.25) is 0 Å². The number of rotatable bonds is 3. The van der Waals surface area contributed by atoms with Crippen molar-refractivity contribution in [3.63, 3.8) is 0 Å². The number of hydrazone groups is 1. The van der Waals surface area contributed by atoms with Gasteiger partial charge in [0.15, 0.2) is 0 Å². The van der Waals surface area contributed by atoms with E-state index in [1.807, 2.05) is 26.0 Å². The molecule has 6 nitrogen and oxygen atoms in total. The Morgan fingerprint density at radius 1 is 1.30 bits per heavy atom. The molecule has 20 heavy (non-hydrogen) atoms. The average molecular weight is 273 g/mol. The molecule has 0 atom stereocenters. The minimum Gasteiger partial charge on any atom is -0.494 e. The van der Waals surface area contributed by atoms with Crippen LogP contribution >= 0.6 is 0 Å². The van der Waals surface area contributed by atoms with Gasteiger partial charge in [-0.1, -0.05) is 0 Å². The third kappa shape index (κ3) is 2.69. The van der Waals surface area contributed by atoms with Crippen LogP contribution < -0.4 is 27.0 Å². The fourth-order valence-electron chi connectivity index (χ4n) is 2.08. The molecule has 2 aromatic heterocycles. The standard InChI is InChI=1S/C14H19N5O/c1-8-4-9(2)18-11(8)5-13-14(20-3)6-12(19-13)10(15)7-17-16/h4-7,18-19H,15-16H2,1-3H3/b12-10?,13-5-,17-7?. The highest BCUT2D eigenvalue weighted by Gasteiger charge is 2.03. The van der Waals surface area contributed by atoms with E-state index in [9.17, 15) is 0 Å². The van der Waals surface area contributed by atoms with Crippen molar-refractivity contribution < 1.29 is 4.74 Å². The summed E-state index contributed by atoms with van der Waals surface area (Å²) in [6.07, 6.45) is 3.37. The van der Waals surface area contributed by atoms with E-state index < -0.39 is 0 Å². The van der Waals surface area contributed by atoms with Crippen molar-refractivity contribution in [2.24, 2.45) is 16.7 Å². The third-order valence-electron chi connectivity index (χ3n) is 3.03. The van der Waals surface area contributed by atoms with Crippen LogP contribution in [0.5, 0.6) is 5.75 Å². The summed E-state index contributed by atoms with van der Waals surface area (Å²) in [7, 11) is 1.62. The van der Waals surface area contributed by atoms with Gasteiger partial charge in [0, 0.05) is 17.5 Å². The van der Waals surface area contributed by atoms with E-state index in [1.54, 1.807) is 7.11 Å². The average Bonchev–Trinajstić information content (AvgIpc) is 2.94. The molecule has 0 aromatic carbocycles. The van der Waals surface area contributed by atoms with Gasteiger partial charge < -0.3 is 26.3 Å². The van der Waals surface area contributed by atoms with Gasteiger partial charge in [0.05, 0.1) is 29.7 Å². The van der Waals surface area contributed by atoms with Crippen molar-refractivity contribution in [3.05, 3.63) is 39.8 Å². The fraction of sp³-hybridized carbons (Fsp3) is 0.214. The Kier molecular flexibility index (Phi) is 3.84. The highest BCUT2D eigenvalue weighted by Crippen LogP contribution is 2.10. The highest BCUT2D eigenvalue weighted by molar-refractivity contribution is 5.99. The number of aryl methyl sites for hydroxylation is 2. The van der Waals surface area contributed by atoms with Crippen molar-refractivity contribution in [1.29, 1.82) is 0 Å². The van der Waals surface area contributed by atoms with Gasteiger partial charge in [-0.25, -0.2) is 0 Å². The molecule has 0 aliphatic heterocycles. The minimum atomic E-state index is 0.449. The maximum absolute atomic E-state index is 5.85. The van der Waals surface area contributed by atoms with E-state index in [0.717, 1.165) is 16.7 Å². The molecular formula is C14H19N5O. The second-order valence-corrected chi connectivity index (χ2v) is 4.59. The summed E-state index contributed by atoms with van der Waals surface area (Å²) in [5.41, 5.74) is 9.61. The summed E-state index contributed by atoms with van der Waals surface area (Å²) in [6.45, 7) is 4.07. The summed E-state index contributed by atoms with van der Waals surface area (Å²) < 4.78 is 5.35. The van der Waals surface area contributed by atoms with Crippen molar-refractivity contribution in [2.45, 2.75) is 13.8 Å². The molecular weight excluding hydrogens is 254 g/mol. The zero-order chi connectivity index (χ0) is 14.7. The highest BCUT2D eigenvalue weighted by atomic mass is 16.5. The molecule has 0 aliphatic rings. The second kappa shape index (κ2) is 5.56. The largest absolute Gasteiger partial charge is 0.494 e. The number of nitrogens with two attached hydrogens (primary N) is 2. The third-order valence-corrected chi connectivity index (χ3v) is 3.03. The number of aromatic amines is 2. The number of H-pyrrole nitrogens is 2. The van der Waals surface area contributed by atoms with E-state index in [-0.39, 0.29) is 0 Å². The Labute approximate surface area is 116 Å².